The second-order valence-corrected chi connectivity index (χ2v) is 6.26. The average molecular weight is 371 g/mol. The highest BCUT2D eigenvalue weighted by Crippen LogP contribution is 2.28. The van der Waals surface area contributed by atoms with Gasteiger partial charge in [0, 0.05) is 32.2 Å². The Morgan fingerprint density at radius 1 is 0.926 bits per heavy atom. The van der Waals surface area contributed by atoms with Crippen LogP contribution < -0.4 is 14.8 Å². The van der Waals surface area contributed by atoms with Crippen LogP contribution in [0.2, 0.25) is 0 Å². The summed E-state index contributed by atoms with van der Waals surface area (Å²) in [6, 6.07) is 15.6. The fourth-order valence-corrected chi connectivity index (χ4v) is 2.72. The van der Waals surface area contributed by atoms with Crippen molar-refractivity contribution in [2.24, 2.45) is 0 Å². The molecule has 2 aromatic rings. The Morgan fingerprint density at radius 3 is 2.48 bits per heavy atom. The molecule has 0 aromatic heterocycles. The molecule has 0 unspecified atom stereocenters. The van der Waals surface area contributed by atoms with E-state index in [9.17, 15) is 4.79 Å². The Morgan fingerprint density at radius 2 is 1.74 bits per heavy atom. The molecule has 0 radical (unpaired) electrons. The Labute approximate surface area is 161 Å². The largest absolute Gasteiger partial charge is 0.493 e. The number of hydrogen-bond donors (Lipinski definition) is 1. The van der Waals surface area contributed by atoms with Gasteiger partial charge in [-0.05, 0) is 43.0 Å². The SMILES string of the molecule is COCCCOc1cc(C(=O)NCCCCc2ccccc2)ccc1OC. The van der Waals surface area contributed by atoms with Crippen LogP contribution in [0.3, 0.4) is 0 Å². The number of carbonyl (C=O) groups excluding carboxylic acids is 1. The van der Waals surface area contributed by atoms with Gasteiger partial charge < -0.3 is 19.5 Å². The van der Waals surface area contributed by atoms with E-state index in [2.05, 4.69) is 29.6 Å². The molecule has 2 aromatic carbocycles. The Balaban J connectivity index is 1.78. The lowest BCUT2D eigenvalue weighted by Crippen LogP contribution is -2.24. The van der Waals surface area contributed by atoms with Gasteiger partial charge in [0.25, 0.3) is 5.91 Å². The maximum Gasteiger partial charge on any atom is 0.251 e. The van der Waals surface area contributed by atoms with Crippen LogP contribution in [0.15, 0.2) is 48.5 Å². The van der Waals surface area contributed by atoms with Crippen molar-refractivity contribution >= 4 is 5.91 Å². The van der Waals surface area contributed by atoms with Crippen LogP contribution >= 0.6 is 0 Å². The van der Waals surface area contributed by atoms with E-state index in [1.54, 1.807) is 32.4 Å². The summed E-state index contributed by atoms with van der Waals surface area (Å²) in [4.78, 5) is 12.4. The fourth-order valence-electron chi connectivity index (χ4n) is 2.72. The van der Waals surface area contributed by atoms with Crippen molar-refractivity contribution in [3.05, 3.63) is 59.7 Å². The first-order chi connectivity index (χ1) is 13.2. The van der Waals surface area contributed by atoms with Crippen molar-refractivity contribution in [2.75, 3.05) is 34.0 Å². The number of benzene rings is 2. The zero-order chi connectivity index (χ0) is 19.3. The summed E-state index contributed by atoms with van der Waals surface area (Å²) < 4.78 is 16.0. The number of aryl methyl sites for hydroxylation is 1. The van der Waals surface area contributed by atoms with E-state index >= 15 is 0 Å². The van der Waals surface area contributed by atoms with Gasteiger partial charge in [0.1, 0.15) is 0 Å². The summed E-state index contributed by atoms with van der Waals surface area (Å²) in [5, 5.41) is 2.97. The molecule has 0 aliphatic carbocycles. The molecule has 0 bridgehead atoms. The van der Waals surface area contributed by atoms with Crippen LogP contribution in [0.4, 0.5) is 0 Å². The summed E-state index contributed by atoms with van der Waals surface area (Å²) in [6.07, 6.45) is 3.79. The standard InChI is InChI=1S/C22H29NO4/c1-25-15-8-16-27-21-17-19(12-13-20(21)26-2)22(24)23-14-7-6-11-18-9-4-3-5-10-18/h3-5,9-10,12-13,17H,6-8,11,14-16H2,1-2H3,(H,23,24). The smallest absolute Gasteiger partial charge is 0.251 e. The van der Waals surface area contributed by atoms with Gasteiger partial charge in [0.2, 0.25) is 0 Å². The molecular formula is C22H29NO4. The molecule has 1 N–H and O–H groups in total. The van der Waals surface area contributed by atoms with E-state index in [0.717, 1.165) is 25.7 Å². The van der Waals surface area contributed by atoms with Crippen molar-refractivity contribution in [3.63, 3.8) is 0 Å². The first-order valence-corrected chi connectivity index (χ1v) is 9.36. The van der Waals surface area contributed by atoms with Gasteiger partial charge in [-0.3, -0.25) is 4.79 Å². The van der Waals surface area contributed by atoms with Crippen molar-refractivity contribution in [1.29, 1.82) is 0 Å². The van der Waals surface area contributed by atoms with Gasteiger partial charge >= 0.3 is 0 Å². The molecule has 0 fully saturated rings. The number of nitrogens with one attached hydrogen (secondary N) is 1. The normalized spacial score (nSPS) is 10.4. The first-order valence-electron chi connectivity index (χ1n) is 9.36. The molecule has 0 saturated heterocycles. The minimum atomic E-state index is -0.0981. The third-order valence-electron chi connectivity index (χ3n) is 4.20. The summed E-state index contributed by atoms with van der Waals surface area (Å²) in [5.74, 6) is 1.09. The third kappa shape index (κ3) is 7.31. The third-order valence-corrected chi connectivity index (χ3v) is 4.20. The van der Waals surface area contributed by atoms with Crippen molar-refractivity contribution < 1.29 is 19.0 Å². The van der Waals surface area contributed by atoms with Crippen LogP contribution in [-0.4, -0.2) is 39.9 Å². The molecule has 0 aliphatic heterocycles. The second-order valence-electron chi connectivity index (χ2n) is 6.26. The Kier molecular flexibility index (Phi) is 9.21. The molecule has 0 aliphatic rings. The molecule has 1 amide bonds. The highest BCUT2D eigenvalue weighted by Gasteiger charge is 2.11. The fraction of sp³-hybridized carbons (Fsp3) is 0.409. The molecule has 5 heteroatoms. The number of methoxy groups -OCH3 is 2. The molecule has 0 heterocycles. The monoisotopic (exact) mass is 371 g/mol. The molecule has 146 valence electrons. The highest BCUT2D eigenvalue weighted by molar-refractivity contribution is 5.94. The van der Waals surface area contributed by atoms with Gasteiger partial charge in [-0.25, -0.2) is 0 Å². The first kappa shape index (κ1) is 20.8. The molecule has 0 saturated carbocycles. The van der Waals surface area contributed by atoms with E-state index in [4.69, 9.17) is 14.2 Å². The lowest BCUT2D eigenvalue weighted by Gasteiger charge is -2.12. The van der Waals surface area contributed by atoms with Crippen LogP contribution in [0.25, 0.3) is 0 Å². The highest BCUT2D eigenvalue weighted by atomic mass is 16.5. The molecule has 0 atom stereocenters. The van der Waals surface area contributed by atoms with Gasteiger partial charge in [-0.1, -0.05) is 30.3 Å². The average Bonchev–Trinajstić information content (AvgIpc) is 2.71. The van der Waals surface area contributed by atoms with E-state index < -0.39 is 0 Å². The van der Waals surface area contributed by atoms with Crippen LogP contribution in [0.1, 0.15) is 35.2 Å². The van der Waals surface area contributed by atoms with Gasteiger partial charge in [0.15, 0.2) is 11.5 Å². The lowest BCUT2D eigenvalue weighted by atomic mass is 10.1. The van der Waals surface area contributed by atoms with Crippen LogP contribution in [-0.2, 0) is 11.2 Å². The zero-order valence-corrected chi connectivity index (χ0v) is 16.2. The number of carbonyl (C=O) groups is 1. The lowest BCUT2D eigenvalue weighted by molar-refractivity contribution is 0.0952. The summed E-state index contributed by atoms with van der Waals surface area (Å²) >= 11 is 0. The quantitative estimate of drug-likeness (QED) is 0.576. The maximum absolute atomic E-state index is 12.4. The second kappa shape index (κ2) is 12.0. The predicted molar refractivity (Wildman–Crippen MR) is 107 cm³/mol. The predicted octanol–water partition coefficient (Wildman–Crippen LogP) is 3.86. The molecule has 5 nitrogen and oxygen atoms in total. The van der Waals surface area contributed by atoms with Gasteiger partial charge in [-0.15, -0.1) is 0 Å². The summed E-state index contributed by atoms with van der Waals surface area (Å²) in [7, 11) is 3.25. The Bertz CT molecular complexity index is 688. The number of rotatable bonds is 12. The van der Waals surface area contributed by atoms with Crippen LogP contribution in [0.5, 0.6) is 11.5 Å². The molecule has 2 rings (SSSR count). The number of hydrogen-bond acceptors (Lipinski definition) is 4. The van der Waals surface area contributed by atoms with E-state index in [0.29, 0.717) is 36.8 Å². The minimum absolute atomic E-state index is 0.0981. The topological polar surface area (TPSA) is 56.8 Å². The van der Waals surface area contributed by atoms with E-state index in [-0.39, 0.29) is 5.91 Å². The molecular weight excluding hydrogens is 342 g/mol. The minimum Gasteiger partial charge on any atom is -0.493 e. The number of amides is 1. The van der Waals surface area contributed by atoms with E-state index in [1.165, 1.54) is 5.56 Å². The Hall–Kier alpha value is -2.53. The van der Waals surface area contributed by atoms with Crippen molar-refractivity contribution in [3.8, 4) is 11.5 Å². The van der Waals surface area contributed by atoms with Gasteiger partial charge in [-0.2, -0.15) is 0 Å². The molecule has 27 heavy (non-hydrogen) atoms. The summed E-state index contributed by atoms with van der Waals surface area (Å²) in [6.45, 7) is 1.79. The summed E-state index contributed by atoms with van der Waals surface area (Å²) in [5.41, 5.74) is 1.90. The van der Waals surface area contributed by atoms with Gasteiger partial charge in [0.05, 0.1) is 13.7 Å². The number of ether oxygens (including phenoxy) is 3. The van der Waals surface area contributed by atoms with Crippen molar-refractivity contribution in [2.45, 2.75) is 25.7 Å². The maximum atomic E-state index is 12.4. The van der Waals surface area contributed by atoms with Crippen molar-refractivity contribution in [1.82, 2.24) is 5.32 Å². The zero-order valence-electron chi connectivity index (χ0n) is 16.2. The number of unbranched alkanes of at least 4 members (excludes halogenated alkanes) is 1. The van der Waals surface area contributed by atoms with E-state index in [1.807, 2.05) is 6.07 Å². The molecule has 0 spiro atoms. The van der Waals surface area contributed by atoms with Crippen LogP contribution in [0, 0.1) is 0 Å².